The van der Waals surface area contributed by atoms with E-state index in [9.17, 15) is 4.21 Å². The number of benzene rings is 1. The van der Waals surface area contributed by atoms with Gasteiger partial charge in [-0.1, -0.05) is 13.8 Å². The molecular formula is C16H23NO3S. The van der Waals surface area contributed by atoms with E-state index in [1.54, 1.807) is 0 Å². The lowest BCUT2D eigenvalue weighted by Gasteiger charge is -2.38. The van der Waals surface area contributed by atoms with E-state index in [-0.39, 0.29) is 16.7 Å². The lowest BCUT2D eigenvalue weighted by atomic mass is 9.75. The van der Waals surface area contributed by atoms with Crippen molar-refractivity contribution in [3.05, 3.63) is 18.2 Å². The van der Waals surface area contributed by atoms with Crippen molar-refractivity contribution < 1.29 is 13.7 Å². The summed E-state index contributed by atoms with van der Waals surface area (Å²) in [6.45, 7) is 5.57. The van der Waals surface area contributed by atoms with Gasteiger partial charge in [0.1, 0.15) is 13.2 Å². The van der Waals surface area contributed by atoms with Crippen LogP contribution in [0.3, 0.4) is 0 Å². The van der Waals surface area contributed by atoms with Crippen LogP contribution in [0.4, 0.5) is 0 Å². The molecule has 3 unspecified atom stereocenters. The van der Waals surface area contributed by atoms with Gasteiger partial charge >= 0.3 is 0 Å². The Morgan fingerprint density at radius 2 is 1.95 bits per heavy atom. The third kappa shape index (κ3) is 3.09. The zero-order valence-corrected chi connectivity index (χ0v) is 13.4. The molecule has 21 heavy (non-hydrogen) atoms. The molecule has 0 saturated heterocycles. The predicted molar refractivity (Wildman–Crippen MR) is 83.2 cm³/mol. The zero-order valence-electron chi connectivity index (χ0n) is 12.6. The Hall–Kier alpha value is -1.07. The van der Waals surface area contributed by atoms with Gasteiger partial charge in [-0.25, -0.2) is 0 Å². The second kappa shape index (κ2) is 5.61. The maximum absolute atomic E-state index is 12.9. The van der Waals surface area contributed by atoms with E-state index in [0.717, 1.165) is 29.9 Å². The quantitative estimate of drug-likeness (QED) is 0.911. The average Bonchev–Trinajstić information content (AvgIpc) is 2.48. The van der Waals surface area contributed by atoms with E-state index in [4.69, 9.17) is 15.2 Å². The molecule has 1 aliphatic heterocycles. The summed E-state index contributed by atoms with van der Waals surface area (Å²) in [4.78, 5) is 0.789. The Labute approximate surface area is 128 Å². The molecule has 3 atom stereocenters. The van der Waals surface area contributed by atoms with Crippen molar-refractivity contribution in [2.45, 2.75) is 49.3 Å². The standard InChI is InChI=1S/C16H23NO3S/c1-16(2)6-5-12(17)15(10-16)21(18)11-3-4-13-14(9-11)20-8-7-19-13/h3-4,9,12,15H,5-8,10,17H2,1-2H3. The summed E-state index contributed by atoms with van der Waals surface area (Å²) < 4.78 is 24.0. The van der Waals surface area contributed by atoms with E-state index in [1.165, 1.54) is 0 Å². The Morgan fingerprint density at radius 3 is 2.71 bits per heavy atom. The topological polar surface area (TPSA) is 61.6 Å². The first-order valence-electron chi connectivity index (χ1n) is 7.52. The van der Waals surface area contributed by atoms with Crippen molar-refractivity contribution >= 4 is 10.8 Å². The molecule has 2 N–H and O–H groups in total. The minimum Gasteiger partial charge on any atom is -0.486 e. The summed E-state index contributed by atoms with van der Waals surface area (Å²) in [7, 11) is -1.11. The number of hydrogen-bond acceptors (Lipinski definition) is 4. The van der Waals surface area contributed by atoms with Gasteiger partial charge in [0.15, 0.2) is 11.5 Å². The summed E-state index contributed by atoms with van der Waals surface area (Å²) in [6, 6.07) is 5.57. The van der Waals surface area contributed by atoms with Crippen molar-refractivity contribution in [1.29, 1.82) is 0 Å². The highest BCUT2D eigenvalue weighted by atomic mass is 32.2. The van der Waals surface area contributed by atoms with E-state index in [1.807, 2.05) is 18.2 Å². The van der Waals surface area contributed by atoms with Gasteiger partial charge in [0.05, 0.1) is 16.0 Å². The van der Waals surface area contributed by atoms with E-state index >= 15 is 0 Å². The van der Waals surface area contributed by atoms with Crippen molar-refractivity contribution in [1.82, 2.24) is 0 Å². The number of nitrogens with two attached hydrogens (primary N) is 1. The normalized spacial score (nSPS) is 28.9. The molecule has 0 spiro atoms. The van der Waals surface area contributed by atoms with Crippen LogP contribution in [0.25, 0.3) is 0 Å². The van der Waals surface area contributed by atoms with Crippen LogP contribution < -0.4 is 15.2 Å². The van der Waals surface area contributed by atoms with Crippen molar-refractivity contribution in [3.63, 3.8) is 0 Å². The second-order valence-corrected chi connectivity index (χ2v) is 8.38. The van der Waals surface area contributed by atoms with Gasteiger partial charge < -0.3 is 15.2 Å². The molecule has 5 heteroatoms. The fraction of sp³-hybridized carbons (Fsp3) is 0.625. The summed E-state index contributed by atoms with van der Waals surface area (Å²) >= 11 is 0. The molecule has 1 heterocycles. The van der Waals surface area contributed by atoms with Crippen LogP contribution in [0, 0.1) is 5.41 Å². The lowest BCUT2D eigenvalue weighted by Crippen LogP contribution is -2.45. The van der Waals surface area contributed by atoms with E-state index < -0.39 is 10.8 Å². The maximum atomic E-state index is 12.9. The molecule has 0 radical (unpaired) electrons. The molecule has 0 bridgehead atoms. The van der Waals surface area contributed by atoms with Gasteiger partial charge in [0, 0.05) is 17.0 Å². The van der Waals surface area contributed by atoms with Crippen LogP contribution >= 0.6 is 0 Å². The minimum absolute atomic E-state index is 0.00654. The number of rotatable bonds is 2. The largest absolute Gasteiger partial charge is 0.486 e. The van der Waals surface area contributed by atoms with Crippen LogP contribution in [0.1, 0.15) is 33.1 Å². The van der Waals surface area contributed by atoms with Crippen molar-refractivity contribution in [2.24, 2.45) is 11.1 Å². The summed E-state index contributed by atoms with van der Waals surface area (Å²) in [5.74, 6) is 1.42. The highest BCUT2D eigenvalue weighted by molar-refractivity contribution is 7.85. The molecule has 4 nitrogen and oxygen atoms in total. The molecule has 1 fully saturated rings. The first kappa shape index (κ1) is 14.9. The van der Waals surface area contributed by atoms with E-state index in [2.05, 4.69) is 13.8 Å². The minimum atomic E-state index is -1.11. The molecule has 0 amide bonds. The van der Waals surface area contributed by atoms with Crippen LogP contribution in [-0.2, 0) is 10.8 Å². The Balaban J connectivity index is 1.84. The highest BCUT2D eigenvalue weighted by Crippen LogP contribution is 2.39. The molecule has 3 rings (SSSR count). The maximum Gasteiger partial charge on any atom is 0.162 e. The number of hydrogen-bond donors (Lipinski definition) is 1. The van der Waals surface area contributed by atoms with Crippen LogP contribution in [0.15, 0.2) is 23.1 Å². The Kier molecular flexibility index (Phi) is 3.97. The number of ether oxygens (including phenoxy) is 2. The summed E-state index contributed by atoms with van der Waals surface area (Å²) in [5, 5.41) is 0.0105. The Bertz CT molecular complexity index is 558. The number of fused-ring (bicyclic) bond motifs is 1. The van der Waals surface area contributed by atoms with Gasteiger partial charge in [0.2, 0.25) is 0 Å². The molecular weight excluding hydrogens is 286 g/mol. The molecule has 116 valence electrons. The van der Waals surface area contributed by atoms with Gasteiger partial charge in [-0.3, -0.25) is 4.21 Å². The highest BCUT2D eigenvalue weighted by Gasteiger charge is 2.37. The van der Waals surface area contributed by atoms with Gasteiger partial charge in [-0.2, -0.15) is 0 Å². The zero-order chi connectivity index (χ0) is 15.0. The molecule has 1 saturated carbocycles. The van der Waals surface area contributed by atoms with Crippen LogP contribution in [0.5, 0.6) is 11.5 Å². The van der Waals surface area contributed by atoms with Crippen LogP contribution in [-0.4, -0.2) is 28.7 Å². The molecule has 2 aliphatic rings. The third-order valence-corrected chi connectivity index (χ3v) is 6.19. The monoisotopic (exact) mass is 309 g/mol. The molecule has 1 aromatic carbocycles. The van der Waals surface area contributed by atoms with Crippen molar-refractivity contribution in [2.75, 3.05) is 13.2 Å². The van der Waals surface area contributed by atoms with Gasteiger partial charge in [0.25, 0.3) is 0 Å². The summed E-state index contributed by atoms with van der Waals surface area (Å²) in [5.41, 5.74) is 6.44. The van der Waals surface area contributed by atoms with Gasteiger partial charge in [-0.15, -0.1) is 0 Å². The molecule has 1 aliphatic carbocycles. The first-order chi connectivity index (χ1) is 9.96. The Morgan fingerprint density at radius 1 is 1.24 bits per heavy atom. The predicted octanol–water partition coefficient (Wildman–Crippen LogP) is 2.47. The third-order valence-electron chi connectivity index (χ3n) is 4.41. The van der Waals surface area contributed by atoms with Crippen molar-refractivity contribution in [3.8, 4) is 11.5 Å². The second-order valence-electron chi connectivity index (χ2n) is 6.71. The first-order valence-corrected chi connectivity index (χ1v) is 8.73. The smallest absolute Gasteiger partial charge is 0.162 e. The van der Waals surface area contributed by atoms with Gasteiger partial charge in [-0.05, 0) is 36.8 Å². The van der Waals surface area contributed by atoms with E-state index in [0.29, 0.717) is 19.0 Å². The summed E-state index contributed by atoms with van der Waals surface area (Å²) in [6.07, 6.45) is 2.94. The fourth-order valence-corrected chi connectivity index (χ4v) is 4.93. The molecule has 0 aromatic heterocycles. The van der Waals surface area contributed by atoms with Crippen LogP contribution in [0.2, 0.25) is 0 Å². The SMILES string of the molecule is CC1(C)CCC(N)C(S(=O)c2ccc3c(c2)OCCO3)C1. The lowest BCUT2D eigenvalue weighted by molar-refractivity contribution is 0.171. The molecule has 1 aromatic rings. The average molecular weight is 309 g/mol. The fourth-order valence-electron chi connectivity index (χ4n) is 3.10.